The maximum atomic E-state index is 10.7. The molecular formula is C6H8O5S. The fourth-order valence-corrected chi connectivity index (χ4v) is 0.939. The number of ether oxygens (including phenoxy) is 1. The first-order valence-electron chi connectivity index (χ1n) is 2.92. The molecule has 0 aliphatic carbocycles. The molecule has 0 aliphatic heterocycles. The zero-order chi connectivity index (χ0) is 9.61. The summed E-state index contributed by atoms with van der Waals surface area (Å²) in [5.41, 5.74) is 0. The zero-order valence-electron chi connectivity index (χ0n) is 6.44. The van der Waals surface area contributed by atoms with Crippen LogP contribution in [0.5, 0.6) is 0 Å². The third kappa shape index (κ3) is 5.70. The highest BCUT2D eigenvalue weighted by atomic mass is 32.2. The van der Waals surface area contributed by atoms with Crippen molar-refractivity contribution in [2.24, 2.45) is 0 Å². The molecule has 0 saturated heterocycles. The van der Waals surface area contributed by atoms with E-state index in [1.165, 1.54) is 0 Å². The molecule has 0 bridgehead atoms. The van der Waals surface area contributed by atoms with Gasteiger partial charge in [-0.3, -0.25) is 8.98 Å². The molecule has 0 fully saturated rings. The minimum atomic E-state index is -3.82. The largest absolute Gasteiger partial charge is 0.447 e. The minimum Gasteiger partial charge on any atom is -0.447 e. The lowest BCUT2D eigenvalue weighted by Gasteiger charge is -2.01. The van der Waals surface area contributed by atoms with E-state index in [4.69, 9.17) is 6.42 Å². The Balaban J connectivity index is 3.91. The van der Waals surface area contributed by atoms with Gasteiger partial charge in [0.2, 0.25) is 5.94 Å². The summed E-state index contributed by atoms with van der Waals surface area (Å²) in [5.74, 6) is 0.476. The molecule has 0 aromatic carbocycles. The summed E-state index contributed by atoms with van der Waals surface area (Å²) in [7, 11) is -3.82. The molecule has 0 aromatic heterocycles. The Labute approximate surface area is 70.8 Å². The number of hydrogen-bond donors (Lipinski definition) is 0. The van der Waals surface area contributed by atoms with Gasteiger partial charge >= 0.3 is 16.1 Å². The Morgan fingerprint density at radius 2 is 2.17 bits per heavy atom. The average molecular weight is 192 g/mol. The SMILES string of the molecule is C#CCOS(=O)(=O)COC(C)=O. The average Bonchev–Trinajstić information content (AvgIpc) is 1.98. The minimum absolute atomic E-state index is 0.358. The second kappa shape index (κ2) is 4.74. The lowest BCUT2D eigenvalue weighted by atomic mass is 10.8. The summed E-state index contributed by atoms with van der Waals surface area (Å²) in [5, 5.41) is 0. The Kier molecular flexibility index (Phi) is 4.33. The van der Waals surface area contributed by atoms with Crippen LogP contribution in [0.3, 0.4) is 0 Å². The van der Waals surface area contributed by atoms with Crippen LogP contribution in [0.25, 0.3) is 0 Å². The summed E-state index contributed by atoms with van der Waals surface area (Å²) in [6, 6.07) is 0. The predicted octanol–water partition coefficient (Wildman–Crippen LogP) is -0.513. The number of esters is 1. The van der Waals surface area contributed by atoms with Gasteiger partial charge in [0.1, 0.15) is 6.61 Å². The van der Waals surface area contributed by atoms with Crippen molar-refractivity contribution in [1.82, 2.24) is 0 Å². The van der Waals surface area contributed by atoms with E-state index in [1.54, 1.807) is 0 Å². The lowest BCUT2D eigenvalue weighted by molar-refractivity contribution is -0.139. The van der Waals surface area contributed by atoms with E-state index in [1.807, 2.05) is 5.92 Å². The van der Waals surface area contributed by atoms with Crippen LogP contribution in [0.1, 0.15) is 6.92 Å². The van der Waals surface area contributed by atoms with Crippen molar-refractivity contribution in [3.63, 3.8) is 0 Å². The number of terminal acetylenes is 1. The highest BCUT2D eigenvalue weighted by Crippen LogP contribution is 1.93. The summed E-state index contributed by atoms with van der Waals surface area (Å²) in [6.07, 6.45) is 4.74. The van der Waals surface area contributed by atoms with E-state index in [-0.39, 0.29) is 6.61 Å². The van der Waals surface area contributed by atoms with Gasteiger partial charge in [-0.15, -0.1) is 6.42 Å². The summed E-state index contributed by atoms with van der Waals surface area (Å²) in [6.45, 7) is 0.736. The smallest absolute Gasteiger partial charge is 0.304 e. The molecule has 5 nitrogen and oxygen atoms in total. The molecule has 0 atom stereocenters. The molecule has 0 heterocycles. The van der Waals surface area contributed by atoms with Crippen molar-refractivity contribution in [1.29, 1.82) is 0 Å². The van der Waals surface area contributed by atoms with E-state index in [0.29, 0.717) is 0 Å². The van der Waals surface area contributed by atoms with Gasteiger partial charge in [0.05, 0.1) is 0 Å². The topological polar surface area (TPSA) is 69.7 Å². The maximum Gasteiger partial charge on any atom is 0.304 e. The van der Waals surface area contributed by atoms with Crippen LogP contribution in [-0.2, 0) is 23.8 Å². The Hall–Kier alpha value is -1.06. The van der Waals surface area contributed by atoms with Gasteiger partial charge in [-0.2, -0.15) is 8.42 Å². The molecule has 68 valence electrons. The third-order valence-corrected chi connectivity index (χ3v) is 1.61. The Morgan fingerprint density at radius 3 is 2.58 bits per heavy atom. The third-order valence-electron chi connectivity index (χ3n) is 0.728. The van der Waals surface area contributed by atoms with Crippen LogP contribution < -0.4 is 0 Å². The van der Waals surface area contributed by atoms with Gasteiger partial charge in [-0.1, -0.05) is 5.92 Å². The number of carbonyl (C=O) groups excluding carboxylic acids is 1. The van der Waals surface area contributed by atoms with Crippen molar-refractivity contribution >= 4 is 16.1 Å². The van der Waals surface area contributed by atoms with E-state index in [2.05, 4.69) is 8.92 Å². The summed E-state index contributed by atoms with van der Waals surface area (Å²) < 4.78 is 29.8. The van der Waals surface area contributed by atoms with E-state index < -0.39 is 22.0 Å². The van der Waals surface area contributed by atoms with E-state index in [9.17, 15) is 13.2 Å². The zero-order valence-corrected chi connectivity index (χ0v) is 7.26. The first kappa shape index (κ1) is 10.9. The molecular weight excluding hydrogens is 184 g/mol. The highest BCUT2D eigenvalue weighted by molar-refractivity contribution is 7.86. The van der Waals surface area contributed by atoms with Crippen LogP contribution in [0.4, 0.5) is 0 Å². The summed E-state index contributed by atoms with van der Waals surface area (Å²) in [4.78, 5) is 10.2. The van der Waals surface area contributed by atoms with Gasteiger partial charge in [-0.05, 0) is 0 Å². The second-order valence-corrected chi connectivity index (χ2v) is 3.36. The number of carbonyl (C=O) groups is 1. The highest BCUT2D eigenvalue weighted by Gasteiger charge is 2.11. The van der Waals surface area contributed by atoms with Crippen molar-refractivity contribution in [2.45, 2.75) is 6.92 Å². The molecule has 0 rings (SSSR count). The molecule has 0 N–H and O–H groups in total. The quantitative estimate of drug-likeness (QED) is 0.341. The molecule has 0 radical (unpaired) electrons. The van der Waals surface area contributed by atoms with Gasteiger partial charge in [0.25, 0.3) is 0 Å². The fraction of sp³-hybridized carbons (Fsp3) is 0.500. The molecule has 0 unspecified atom stereocenters. The molecule has 0 spiro atoms. The van der Waals surface area contributed by atoms with Crippen LogP contribution in [0.15, 0.2) is 0 Å². The summed E-state index contributed by atoms with van der Waals surface area (Å²) >= 11 is 0. The normalized spacial score (nSPS) is 10.3. The fourth-order valence-electron chi connectivity index (χ4n) is 0.313. The van der Waals surface area contributed by atoms with Gasteiger partial charge in [0.15, 0.2) is 0 Å². The molecule has 0 saturated carbocycles. The number of rotatable bonds is 4. The van der Waals surface area contributed by atoms with Crippen molar-refractivity contribution in [2.75, 3.05) is 12.5 Å². The predicted molar refractivity (Wildman–Crippen MR) is 40.3 cm³/mol. The van der Waals surface area contributed by atoms with E-state index in [0.717, 1.165) is 6.92 Å². The first-order chi connectivity index (χ1) is 5.48. The van der Waals surface area contributed by atoms with Crippen molar-refractivity contribution in [3.05, 3.63) is 0 Å². The molecule has 0 amide bonds. The molecule has 6 heteroatoms. The monoisotopic (exact) mass is 192 g/mol. The van der Waals surface area contributed by atoms with Gasteiger partial charge < -0.3 is 4.74 Å². The Bertz CT molecular complexity index is 284. The molecule has 0 aromatic rings. The van der Waals surface area contributed by atoms with E-state index >= 15 is 0 Å². The van der Waals surface area contributed by atoms with Gasteiger partial charge in [0, 0.05) is 6.92 Å². The standard InChI is InChI=1S/C6H8O5S/c1-3-4-11-12(8,9)5-10-6(2)7/h1H,4-5H2,2H3. The van der Waals surface area contributed by atoms with Crippen LogP contribution in [-0.4, -0.2) is 26.9 Å². The molecule has 0 aliphatic rings. The maximum absolute atomic E-state index is 10.7. The van der Waals surface area contributed by atoms with Gasteiger partial charge in [-0.25, -0.2) is 0 Å². The Morgan fingerprint density at radius 1 is 1.58 bits per heavy atom. The second-order valence-electron chi connectivity index (χ2n) is 1.78. The first-order valence-corrected chi connectivity index (χ1v) is 4.49. The van der Waals surface area contributed by atoms with Crippen LogP contribution in [0.2, 0.25) is 0 Å². The van der Waals surface area contributed by atoms with Crippen LogP contribution in [0, 0.1) is 12.3 Å². The van der Waals surface area contributed by atoms with Crippen molar-refractivity contribution in [3.8, 4) is 12.3 Å². The number of hydrogen-bond acceptors (Lipinski definition) is 5. The van der Waals surface area contributed by atoms with Crippen molar-refractivity contribution < 1.29 is 22.1 Å². The lowest BCUT2D eigenvalue weighted by Crippen LogP contribution is -2.15. The molecule has 12 heavy (non-hydrogen) atoms. The van der Waals surface area contributed by atoms with Crippen LogP contribution >= 0.6 is 0 Å².